The topological polar surface area (TPSA) is 48.5 Å². The molecule has 0 aliphatic carbocycles. The Balaban J connectivity index is 1.52. The van der Waals surface area contributed by atoms with Crippen molar-refractivity contribution in [3.8, 4) is 0 Å². The molecule has 2 heterocycles. The van der Waals surface area contributed by atoms with E-state index in [1.54, 1.807) is 17.3 Å². The number of amides is 2. The Bertz CT molecular complexity index is 703. The first kappa shape index (κ1) is 16.2. The monoisotopic (exact) mass is 332 g/mol. The molecule has 1 aromatic carbocycles. The normalized spacial score (nSPS) is 14.6. The van der Waals surface area contributed by atoms with E-state index in [0.29, 0.717) is 38.4 Å². The number of piperazine rings is 1. The smallest absolute Gasteiger partial charge is 0.317 e. The lowest BCUT2D eigenvalue weighted by Crippen LogP contribution is -2.51. The molecule has 1 N–H and O–H groups in total. The summed E-state index contributed by atoms with van der Waals surface area (Å²) in [6.07, 6.45) is 3.36. The van der Waals surface area contributed by atoms with Gasteiger partial charge in [0.1, 0.15) is 11.6 Å². The summed E-state index contributed by atoms with van der Waals surface area (Å²) < 4.78 is 26.8. The number of hydrogen-bond acceptors (Lipinski definition) is 3. The van der Waals surface area contributed by atoms with Crippen LogP contribution in [0, 0.1) is 11.6 Å². The quantitative estimate of drug-likeness (QED) is 0.939. The predicted molar refractivity (Wildman–Crippen MR) is 86.6 cm³/mol. The van der Waals surface area contributed by atoms with Crippen LogP contribution in [0.25, 0.3) is 0 Å². The van der Waals surface area contributed by atoms with Crippen LogP contribution in [0.1, 0.15) is 5.56 Å². The second kappa shape index (κ2) is 7.25. The van der Waals surface area contributed by atoms with Crippen LogP contribution in [0.3, 0.4) is 0 Å². The van der Waals surface area contributed by atoms with Gasteiger partial charge in [0.25, 0.3) is 0 Å². The predicted octanol–water partition coefficient (Wildman–Crippen LogP) is 2.39. The molecule has 1 saturated heterocycles. The molecule has 2 aromatic rings. The number of benzene rings is 1. The first-order valence-corrected chi connectivity index (χ1v) is 7.75. The number of aromatic nitrogens is 1. The number of carbonyl (C=O) groups is 1. The maximum Gasteiger partial charge on any atom is 0.317 e. The number of urea groups is 1. The van der Waals surface area contributed by atoms with Crippen molar-refractivity contribution in [2.75, 3.05) is 31.1 Å². The summed E-state index contributed by atoms with van der Waals surface area (Å²) in [4.78, 5) is 19.6. The third kappa shape index (κ3) is 3.79. The lowest BCUT2D eigenvalue weighted by Gasteiger charge is -2.36. The number of carbonyl (C=O) groups excluding carboxylic acids is 1. The molecular weight excluding hydrogens is 314 g/mol. The van der Waals surface area contributed by atoms with Crippen LogP contribution in [0.15, 0.2) is 42.7 Å². The van der Waals surface area contributed by atoms with E-state index < -0.39 is 11.6 Å². The standard InChI is InChI=1S/C17H18F2N4O/c18-14-1-2-16(15(19)11-14)22-7-9-23(10-8-22)17(24)21-12-13-3-5-20-6-4-13/h1-6,11H,7-10,12H2,(H,21,24). The van der Waals surface area contributed by atoms with Crippen LogP contribution >= 0.6 is 0 Å². The van der Waals surface area contributed by atoms with Gasteiger partial charge in [-0.1, -0.05) is 0 Å². The van der Waals surface area contributed by atoms with Gasteiger partial charge in [0.2, 0.25) is 0 Å². The Morgan fingerprint density at radius 1 is 1.08 bits per heavy atom. The summed E-state index contributed by atoms with van der Waals surface area (Å²) in [5.74, 6) is -1.17. The minimum Gasteiger partial charge on any atom is -0.366 e. The summed E-state index contributed by atoms with van der Waals surface area (Å²) in [7, 11) is 0. The minimum atomic E-state index is -0.592. The molecule has 0 bridgehead atoms. The fraction of sp³-hybridized carbons (Fsp3) is 0.294. The second-order valence-corrected chi connectivity index (χ2v) is 5.58. The second-order valence-electron chi connectivity index (χ2n) is 5.58. The molecule has 1 aromatic heterocycles. The van der Waals surface area contributed by atoms with Crippen LogP contribution in [0.5, 0.6) is 0 Å². The summed E-state index contributed by atoms with van der Waals surface area (Å²) >= 11 is 0. The van der Waals surface area contributed by atoms with Gasteiger partial charge in [0.15, 0.2) is 0 Å². The Kier molecular flexibility index (Phi) is 4.88. The Morgan fingerprint density at radius 3 is 2.46 bits per heavy atom. The summed E-state index contributed by atoms with van der Waals surface area (Å²) in [6, 6.07) is 7.09. The van der Waals surface area contributed by atoms with E-state index in [1.165, 1.54) is 12.1 Å². The van der Waals surface area contributed by atoms with Gasteiger partial charge in [0, 0.05) is 51.2 Å². The van der Waals surface area contributed by atoms with Gasteiger partial charge in [0.05, 0.1) is 5.69 Å². The molecule has 0 radical (unpaired) electrons. The first-order valence-electron chi connectivity index (χ1n) is 7.75. The van der Waals surface area contributed by atoms with Crippen molar-refractivity contribution in [2.45, 2.75) is 6.54 Å². The van der Waals surface area contributed by atoms with Gasteiger partial charge in [-0.2, -0.15) is 0 Å². The van der Waals surface area contributed by atoms with Crippen LogP contribution in [0.2, 0.25) is 0 Å². The fourth-order valence-electron chi connectivity index (χ4n) is 2.68. The van der Waals surface area contributed by atoms with Crippen molar-refractivity contribution in [1.82, 2.24) is 15.2 Å². The first-order chi connectivity index (χ1) is 11.6. The van der Waals surface area contributed by atoms with E-state index >= 15 is 0 Å². The molecule has 2 amide bonds. The number of nitrogens with one attached hydrogen (secondary N) is 1. The van der Waals surface area contributed by atoms with Crippen molar-refractivity contribution >= 4 is 11.7 Å². The molecule has 1 aliphatic heterocycles. The largest absolute Gasteiger partial charge is 0.366 e. The lowest BCUT2D eigenvalue weighted by atomic mass is 10.2. The zero-order valence-corrected chi connectivity index (χ0v) is 13.1. The van der Waals surface area contributed by atoms with Crippen molar-refractivity contribution in [1.29, 1.82) is 0 Å². The molecule has 1 aliphatic rings. The minimum absolute atomic E-state index is 0.147. The number of nitrogens with zero attached hydrogens (tertiary/aromatic N) is 3. The number of hydrogen-bond donors (Lipinski definition) is 1. The molecule has 0 spiro atoms. The molecular formula is C17H18F2N4O. The number of rotatable bonds is 3. The van der Waals surface area contributed by atoms with E-state index in [1.807, 2.05) is 17.0 Å². The van der Waals surface area contributed by atoms with Gasteiger partial charge in [-0.05, 0) is 29.8 Å². The lowest BCUT2D eigenvalue weighted by molar-refractivity contribution is 0.194. The number of anilines is 1. The zero-order valence-electron chi connectivity index (χ0n) is 13.1. The highest BCUT2D eigenvalue weighted by atomic mass is 19.1. The van der Waals surface area contributed by atoms with Crippen LogP contribution in [-0.4, -0.2) is 42.1 Å². The summed E-state index contributed by atoms with van der Waals surface area (Å²) in [5, 5.41) is 2.86. The summed E-state index contributed by atoms with van der Waals surface area (Å²) in [6.45, 7) is 2.42. The Hall–Kier alpha value is -2.70. The third-order valence-corrected chi connectivity index (χ3v) is 4.01. The van der Waals surface area contributed by atoms with E-state index in [4.69, 9.17) is 0 Å². The van der Waals surface area contributed by atoms with Gasteiger partial charge >= 0.3 is 6.03 Å². The highest BCUT2D eigenvalue weighted by Gasteiger charge is 2.22. The average Bonchev–Trinajstić information content (AvgIpc) is 2.61. The van der Waals surface area contributed by atoms with Gasteiger partial charge in [-0.3, -0.25) is 4.98 Å². The maximum atomic E-state index is 13.8. The molecule has 0 atom stereocenters. The van der Waals surface area contributed by atoms with E-state index in [9.17, 15) is 13.6 Å². The summed E-state index contributed by atoms with van der Waals surface area (Å²) in [5.41, 5.74) is 1.35. The average molecular weight is 332 g/mol. The van der Waals surface area contributed by atoms with Crippen molar-refractivity contribution < 1.29 is 13.6 Å². The van der Waals surface area contributed by atoms with Crippen molar-refractivity contribution in [3.63, 3.8) is 0 Å². The zero-order chi connectivity index (χ0) is 16.9. The third-order valence-electron chi connectivity index (χ3n) is 4.01. The molecule has 0 saturated carbocycles. The molecule has 7 heteroatoms. The molecule has 5 nitrogen and oxygen atoms in total. The highest BCUT2D eigenvalue weighted by Crippen LogP contribution is 2.21. The molecule has 1 fully saturated rings. The van der Waals surface area contributed by atoms with Gasteiger partial charge in [-0.15, -0.1) is 0 Å². The van der Waals surface area contributed by atoms with Crippen molar-refractivity contribution in [3.05, 3.63) is 59.9 Å². The van der Waals surface area contributed by atoms with E-state index in [2.05, 4.69) is 10.3 Å². The molecule has 0 unspecified atom stereocenters. The van der Waals surface area contributed by atoms with Gasteiger partial charge in [-0.25, -0.2) is 13.6 Å². The van der Waals surface area contributed by atoms with E-state index in [-0.39, 0.29) is 6.03 Å². The number of pyridine rings is 1. The fourth-order valence-corrected chi connectivity index (χ4v) is 2.68. The molecule has 126 valence electrons. The van der Waals surface area contributed by atoms with Crippen LogP contribution < -0.4 is 10.2 Å². The molecule has 24 heavy (non-hydrogen) atoms. The van der Waals surface area contributed by atoms with Gasteiger partial charge < -0.3 is 15.1 Å². The van der Waals surface area contributed by atoms with E-state index in [0.717, 1.165) is 11.6 Å². The number of halogens is 2. The molecule has 3 rings (SSSR count). The van der Waals surface area contributed by atoms with Crippen LogP contribution in [0.4, 0.5) is 19.3 Å². The maximum absolute atomic E-state index is 13.8. The Labute approximate surface area is 138 Å². The highest BCUT2D eigenvalue weighted by molar-refractivity contribution is 5.74. The van der Waals surface area contributed by atoms with Crippen molar-refractivity contribution in [2.24, 2.45) is 0 Å². The SMILES string of the molecule is O=C(NCc1ccncc1)N1CCN(c2ccc(F)cc2F)CC1. The Morgan fingerprint density at radius 2 is 1.79 bits per heavy atom. The van der Waals surface area contributed by atoms with Crippen LogP contribution in [-0.2, 0) is 6.54 Å².